The quantitative estimate of drug-likeness (QED) is 0.420. The highest BCUT2D eigenvalue weighted by Crippen LogP contribution is 2.08. The van der Waals surface area contributed by atoms with Gasteiger partial charge < -0.3 is 20.5 Å². The summed E-state index contributed by atoms with van der Waals surface area (Å²) in [6, 6.07) is -1.07. The number of carbonyl (C=O) groups is 3. The zero-order chi connectivity index (χ0) is 17.2. The maximum atomic E-state index is 11.5. The number of carboxylic acid groups (broad SMARTS) is 1. The topological polar surface area (TPSA) is 122 Å². The van der Waals surface area contributed by atoms with Crippen molar-refractivity contribution in [3.63, 3.8) is 0 Å². The van der Waals surface area contributed by atoms with Gasteiger partial charge in [-0.15, -0.1) is 0 Å². The molecule has 0 aliphatic carbocycles. The molecule has 2 amide bonds. The third-order valence-electron chi connectivity index (χ3n) is 2.05. The average Bonchev–Trinajstić information content (AvgIpc) is 2.34. The predicted molar refractivity (Wildman–Crippen MR) is 83.6 cm³/mol. The molecule has 0 saturated carbocycles. The molecule has 3 N–H and O–H groups in total. The molecule has 1 atom stereocenters. The van der Waals surface area contributed by atoms with Crippen molar-refractivity contribution in [2.75, 3.05) is 24.2 Å². The lowest BCUT2D eigenvalue weighted by molar-refractivity contribution is -0.138. The van der Waals surface area contributed by atoms with Crippen LogP contribution in [-0.4, -0.2) is 58.9 Å². The summed E-state index contributed by atoms with van der Waals surface area (Å²) in [6.07, 6.45) is -0.883. The number of carbonyl (C=O) groups excluding carboxylic acids is 2. The van der Waals surface area contributed by atoms with Gasteiger partial charge in [-0.3, -0.25) is 9.36 Å². The van der Waals surface area contributed by atoms with E-state index >= 15 is 0 Å². The van der Waals surface area contributed by atoms with E-state index in [4.69, 9.17) is 9.84 Å². The van der Waals surface area contributed by atoms with Crippen LogP contribution < -0.4 is 10.6 Å². The predicted octanol–water partition coefficient (Wildman–Crippen LogP) is 1.11. The monoisotopic (exact) mass is 352 g/mol. The summed E-state index contributed by atoms with van der Waals surface area (Å²) in [5, 5.41) is 13.9. The van der Waals surface area contributed by atoms with Gasteiger partial charge in [0.2, 0.25) is 5.91 Å². The van der Waals surface area contributed by atoms with Gasteiger partial charge in [0.15, 0.2) is 8.46 Å². The van der Waals surface area contributed by atoms with Crippen LogP contribution in [0.4, 0.5) is 4.79 Å². The maximum absolute atomic E-state index is 11.5. The smallest absolute Gasteiger partial charge is 0.408 e. The highest BCUT2D eigenvalue weighted by atomic mass is 32.2. The molecule has 0 saturated heterocycles. The van der Waals surface area contributed by atoms with Crippen molar-refractivity contribution in [1.29, 1.82) is 0 Å². The lowest BCUT2D eigenvalue weighted by atomic mass is 10.2. The third kappa shape index (κ3) is 11.3. The molecule has 0 aliphatic heterocycles. The number of rotatable bonds is 9. The molecule has 0 fully saturated rings. The zero-order valence-corrected chi connectivity index (χ0v) is 14.5. The normalized spacial score (nSPS) is 12.5. The van der Waals surface area contributed by atoms with Crippen molar-refractivity contribution in [1.82, 2.24) is 10.6 Å². The number of alkyl carbamates (subject to hydrolysis) is 1. The highest BCUT2D eigenvalue weighted by Gasteiger charge is 2.23. The minimum atomic E-state index is -1.16. The first-order valence-electron chi connectivity index (χ1n) is 6.51. The van der Waals surface area contributed by atoms with Crippen LogP contribution in [0.2, 0.25) is 0 Å². The van der Waals surface area contributed by atoms with E-state index < -0.39 is 23.7 Å². The molecule has 22 heavy (non-hydrogen) atoms. The Morgan fingerprint density at radius 2 is 1.95 bits per heavy atom. The Bertz CT molecular complexity index is 413. The molecular formula is C12H21N2O6PS. The minimum absolute atomic E-state index is 0.0946. The summed E-state index contributed by atoms with van der Waals surface area (Å²) < 4.78 is 15.2. The summed E-state index contributed by atoms with van der Waals surface area (Å²) in [4.78, 5) is 33.6. The lowest BCUT2D eigenvalue weighted by Gasteiger charge is -2.21. The molecule has 0 aromatic carbocycles. The van der Waals surface area contributed by atoms with Crippen molar-refractivity contribution in [3.05, 3.63) is 0 Å². The molecular weight excluding hydrogens is 331 g/mol. The van der Waals surface area contributed by atoms with E-state index in [1.165, 1.54) is 11.8 Å². The second-order valence-corrected chi connectivity index (χ2v) is 6.97. The number of nitrogens with one attached hydrogen (secondary N) is 2. The molecule has 0 unspecified atom stereocenters. The summed E-state index contributed by atoms with van der Waals surface area (Å²) in [6.45, 7) is 5.38. The van der Waals surface area contributed by atoms with Gasteiger partial charge in [0.1, 0.15) is 17.8 Å². The van der Waals surface area contributed by atoms with E-state index in [1.807, 2.05) is 0 Å². The Morgan fingerprint density at radius 3 is 2.45 bits per heavy atom. The molecule has 10 heteroatoms. The zero-order valence-electron chi connectivity index (χ0n) is 12.7. The summed E-state index contributed by atoms with van der Waals surface area (Å²) >= 11 is 1.26. The summed E-state index contributed by atoms with van der Waals surface area (Å²) in [5.41, 5.74) is -0.703. The second-order valence-electron chi connectivity index (χ2n) is 5.25. The molecule has 126 valence electrons. The van der Waals surface area contributed by atoms with Gasteiger partial charge in [-0.25, -0.2) is 9.59 Å². The molecule has 0 rings (SSSR count). The van der Waals surface area contributed by atoms with Gasteiger partial charge in [-0.2, -0.15) is 11.8 Å². The number of hydrogen-bond acceptors (Lipinski definition) is 6. The number of amides is 2. The number of aliphatic carboxylic acids is 1. The Hall–Kier alpha value is -1.34. The first-order chi connectivity index (χ1) is 10.2. The largest absolute Gasteiger partial charge is 0.480 e. The fourth-order valence-corrected chi connectivity index (χ4v) is 2.31. The molecule has 0 aliphatic rings. The van der Waals surface area contributed by atoms with Crippen LogP contribution in [0.5, 0.6) is 0 Å². The lowest BCUT2D eigenvalue weighted by Crippen LogP contribution is -2.45. The molecule has 0 radical (unpaired) electrons. The fourth-order valence-electron chi connectivity index (χ4n) is 1.20. The third-order valence-corrected chi connectivity index (χ3v) is 3.53. The van der Waals surface area contributed by atoms with Crippen LogP contribution in [0.1, 0.15) is 20.8 Å². The Kier molecular flexibility index (Phi) is 9.76. The summed E-state index contributed by atoms with van der Waals surface area (Å²) in [7, 11) is -0.244. The molecule has 0 spiro atoms. The van der Waals surface area contributed by atoms with E-state index in [1.54, 1.807) is 20.8 Å². The molecule has 0 aromatic heterocycles. The van der Waals surface area contributed by atoms with Gasteiger partial charge in [-0.1, -0.05) is 0 Å². The van der Waals surface area contributed by atoms with E-state index in [2.05, 4.69) is 10.6 Å². The van der Waals surface area contributed by atoms with Crippen LogP contribution in [-0.2, 0) is 18.9 Å². The molecule has 0 heterocycles. The molecule has 0 bridgehead atoms. The van der Waals surface area contributed by atoms with Crippen molar-refractivity contribution < 1.29 is 28.8 Å². The van der Waals surface area contributed by atoms with Crippen LogP contribution >= 0.6 is 20.2 Å². The first-order valence-corrected chi connectivity index (χ1v) is 8.67. The molecule has 0 aromatic rings. The standard InChI is InChI=1S/C12H21N2O6PS/c1-12(2,3)20-11(18)14-8(10(16)17)7-22-5-4-13-9(15)6-21-19/h8H,4-7H2,1-3H3,(H,13,15)(H,14,18)(H,16,17)/t8-/m0/s1. The van der Waals surface area contributed by atoms with E-state index in [-0.39, 0.29) is 26.3 Å². The number of thioether (sulfide) groups is 1. The van der Waals surface area contributed by atoms with Gasteiger partial charge in [-0.05, 0) is 20.8 Å². The Balaban J connectivity index is 4.06. The van der Waals surface area contributed by atoms with Crippen molar-refractivity contribution >= 4 is 38.2 Å². The fraction of sp³-hybridized carbons (Fsp3) is 0.750. The number of hydrogen-bond donors (Lipinski definition) is 3. The van der Waals surface area contributed by atoms with Crippen molar-refractivity contribution in [3.8, 4) is 0 Å². The van der Waals surface area contributed by atoms with Gasteiger partial charge in [0.25, 0.3) is 0 Å². The highest BCUT2D eigenvalue weighted by molar-refractivity contribution is 7.99. The van der Waals surface area contributed by atoms with Crippen LogP contribution in [0.15, 0.2) is 0 Å². The van der Waals surface area contributed by atoms with Crippen molar-refractivity contribution in [2.45, 2.75) is 32.4 Å². The van der Waals surface area contributed by atoms with E-state index in [0.717, 1.165) is 0 Å². The first kappa shape index (κ1) is 20.7. The van der Waals surface area contributed by atoms with Crippen LogP contribution in [0, 0.1) is 0 Å². The van der Waals surface area contributed by atoms with Crippen LogP contribution in [0.3, 0.4) is 0 Å². The van der Waals surface area contributed by atoms with Crippen LogP contribution in [0.25, 0.3) is 0 Å². The van der Waals surface area contributed by atoms with Gasteiger partial charge >= 0.3 is 12.1 Å². The second kappa shape index (κ2) is 10.4. The Morgan fingerprint density at radius 1 is 1.32 bits per heavy atom. The number of ether oxygens (including phenoxy) is 1. The van der Waals surface area contributed by atoms with Gasteiger partial charge in [0.05, 0.1) is 0 Å². The Labute approximate surface area is 134 Å². The van der Waals surface area contributed by atoms with Crippen molar-refractivity contribution in [2.24, 2.45) is 0 Å². The maximum Gasteiger partial charge on any atom is 0.408 e. The van der Waals surface area contributed by atoms with Gasteiger partial charge in [0, 0.05) is 18.1 Å². The SMILES string of the molecule is CC(C)(C)OC(=O)N[C@@H](CSCCNC(=O)CP=O)C(=O)O. The van der Waals surface area contributed by atoms with E-state index in [0.29, 0.717) is 12.3 Å². The number of carboxylic acids is 1. The molecule has 8 nitrogen and oxygen atoms in total. The summed E-state index contributed by atoms with van der Waals surface area (Å²) in [5.74, 6) is -0.877. The van der Waals surface area contributed by atoms with E-state index in [9.17, 15) is 18.9 Å². The minimum Gasteiger partial charge on any atom is -0.480 e. The average molecular weight is 352 g/mol.